The highest BCUT2D eigenvalue weighted by Crippen LogP contribution is 2.47. The van der Waals surface area contributed by atoms with Crippen LogP contribution in [0, 0.1) is 6.92 Å². The summed E-state index contributed by atoms with van der Waals surface area (Å²) in [5.74, 6) is 2.62. The van der Waals surface area contributed by atoms with Crippen LogP contribution in [0.2, 0.25) is 0 Å². The molecule has 8 nitrogen and oxygen atoms in total. The number of nitrogens with one attached hydrogen (secondary N) is 1. The van der Waals surface area contributed by atoms with E-state index in [9.17, 15) is 4.79 Å². The Kier molecular flexibility index (Phi) is 4.91. The van der Waals surface area contributed by atoms with E-state index in [1.165, 1.54) is 11.8 Å². The zero-order chi connectivity index (χ0) is 19.7. The summed E-state index contributed by atoms with van der Waals surface area (Å²) in [6, 6.07) is 7.39. The van der Waals surface area contributed by atoms with Gasteiger partial charge in [0.05, 0.1) is 30.9 Å². The quantitative estimate of drug-likeness (QED) is 0.724. The SMILES string of the molecule is COc1ccc(OC)c([C@@H]2SCC(=O)Nc3c2c(C)nn3-c2ncccn2)c1. The second-order valence-electron chi connectivity index (χ2n) is 6.16. The first kappa shape index (κ1) is 18.3. The van der Waals surface area contributed by atoms with Crippen LogP contribution in [0.15, 0.2) is 36.7 Å². The van der Waals surface area contributed by atoms with Crippen LogP contribution >= 0.6 is 11.8 Å². The molecule has 0 aliphatic carbocycles. The average Bonchev–Trinajstić information content (AvgIpc) is 2.93. The smallest absolute Gasteiger partial charge is 0.252 e. The Labute approximate surface area is 166 Å². The van der Waals surface area contributed by atoms with Crippen molar-refractivity contribution in [3.63, 3.8) is 0 Å². The van der Waals surface area contributed by atoms with Crippen molar-refractivity contribution in [3.05, 3.63) is 53.5 Å². The van der Waals surface area contributed by atoms with Crippen LogP contribution in [0.5, 0.6) is 11.5 Å². The maximum Gasteiger partial charge on any atom is 0.252 e. The fourth-order valence-corrected chi connectivity index (χ4v) is 4.42. The number of hydrogen-bond donors (Lipinski definition) is 1. The van der Waals surface area contributed by atoms with Gasteiger partial charge in [0.2, 0.25) is 5.91 Å². The Hall–Kier alpha value is -3.07. The summed E-state index contributed by atoms with van der Waals surface area (Å²) in [6.07, 6.45) is 3.28. The van der Waals surface area contributed by atoms with Gasteiger partial charge in [0.25, 0.3) is 5.95 Å². The van der Waals surface area contributed by atoms with Crippen molar-refractivity contribution in [2.24, 2.45) is 0 Å². The van der Waals surface area contributed by atoms with Crippen molar-refractivity contribution in [1.29, 1.82) is 0 Å². The molecule has 2 aromatic heterocycles. The second kappa shape index (κ2) is 7.51. The van der Waals surface area contributed by atoms with E-state index in [0.29, 0.717) is 17.5 Å². The third-order valence-electron chi connectivity index (χ3n) is 4.47. The molecule has 0 saturated carbocycles. The number of anilines is 1. The van der Waals surface area contributed by atoms with Gasteiger partial charge in [0, 0.05) is 23.5 Å². The number of methoxy groups -OCH3 is 2. The van der Waals surface area contributed by atoms with Crippen molar-refractivity contribution >= 4 is 23.5 Å². The van der Waals surface area contributed by atoms with E-state index in [0.717, 1.165) is 28.3 Å². The molecule has 1 aromatic carbocycles. The largest absolute Gasteiger partial charge is 0.497 e. The fourth-order valence-electron chi connectivity index (χ4n) is 3.22. The molecule has 28 heavy (non-hydrogen) atoms. The number of nitrogens with zero attached hydrogens (tertiary/aromatic N) is 4. The molecule has 0 bridgehead atoms. The van der Waals surface area contributed by atoms with Gasteiger partial charge in [-0.1, -0.05) is 0 Å². The standard InChI is InChI=1S/C19H19N5O3S/c1-11-16-17(13-9-12(26-2)5-6-14(13)27-3)28-10-15(25)22-18(16)24(23-11)19-20-7-4-8-21-19/h4-9,17H,10H2,1-3H3,(H,22,25)/t17-/m0/s1. The number of rotatable bonds is 4. The van der Waals surface area contributed by atoms with E-state index >= 15 is 0 Å². The van der Waals surface area contributed by atoms with Gasteiger partial charge in [-0.05, 0) is 31.2 Å². The first-order valence-electron chi connectivity index (χ1n) is 8.62. The molecule has 3 aromatic rings. The number of thioether (sulfide) groups is 1. The molecule has 0 radical (unpaired) electrons. The molecule has 4 rings (SSSR count). The van der Waals surface area contributed by atoms with Crippen LogP contribution in [0.1, 0.15) is 22.1 Å². The van der Waals surface area contributed by atoms with Crippen LogP contribution in [0.25, 0.3) is 5.95 Å². The summed E-state index contributed by atoms with van der Waals surface area (Å²) < 4.78 is 12.6. The van der Waals surface area contributed by atoms with Gasteiger partial charge in [-0.2, -0.15) is 9.78 Å². The Bertz CT molecular complexity index is 1020. The lowest BCUT2D eigenvalue weighted by atomic mass is 10.0. The van der Waals surface area contributed by atoms with Gasteiger partial charge in [0.15, 0.2) is 0 Å². The summed E-state index contributed by atoms with van der Waals surface area (Å²) in [5, 5.41) is 7.40. The molecular formula is C19H19N5O3S. The summed E-state index contributed by atoms with van der Waals surface area (Å²) in [6.45, 7) is 1.91. The Morgan fingerprint density at radius 2 is 2.00 bits per heavy atom. The second-order valence-corrected chi connectivity index (χ2v) is 7.25. The number of carbonyl (C=O) groups is 1. The molecule has 144 valence electrons. The first-order chi connectivity index (χ1) is 13.6. The Morgan fingerprint density at radius 3 is 2.71 bits per heavy atom. The molecule has 0 spiro atoms. The minimum Gasteiger partial charge on any atom is -0.497 e. The van der Waals surface area contributed by atoms with Crippen molar-refractivity contribution < 1.29 is 14.3 Å². The molecule has 9 heteroatoms. The topological polar surface area (TPSA) is 91.2 Å². The predicted molar refractivity (Wildman–Crippen MR) is 106 cm³/mol. The van der Waals surface area contributed by atoms with Gasteiger partial charge >= 0.3 is 0 Å². The van der Waals surface area contributed by atoms with E-state index in [4.69, 9.17) is 9.47 Å². The number of amides is 1. The normalized spacial score (nSPS) is 16.1. The van der Waals surface area contributed by atoms with Crippen LogP contribution in [0.3, 0.4) is 0 Å². The molecule has 0 fully saturated rings. The molecule has 3 heterocycles. The molecular weight excluding hydrogens is 378 g/mol. The fraction of sp³-hybridized carbons (Fsp3) is 0.263. The highest BCUT2D eigenvalue weighted by Gasteiger charge is 2.32. The molecule has 1 aliphatic rings. The van der Waals surface area contributed by atoms with Crippen LogP contribution < -0.4 is 14.8 Å². The average molecular weight is 397 g/mol. The molecule has 1 N–H and O–H groups in total. The molecule has 1 aliphatic heterocycles. The summed E-state index contributed by atoms with van der Waals surface area (Å²) in [5.41, 5.74) is 2.60. The molecule has 1 atom stereocenters. The van der Waals surface area contributed by atoms with Crippen molar-refractivity contribution in [2.45, 2.75) is 12.2 Å². The number of hydrogen-bond acceptors (Lipinski definition) is 7. The highest BCUT2D eigenvalue weighted by molar-refractivity contribution is 8.00. The lowest BCUT2D eigenvalue weighted by Gasteiger charge is -2.19. The lowest BCUT2D eigenvalue weighted by Crippen LogP contribution is -2.16. The van der Waals surface area contributed by atoms with Gasteiger partial charge in [-0.15, -0.1) is 11.8 Å². The molecule has 0 unspecified atom stereocenters. The van der Waals surface area contributed by atoms with Crippen molar-refractivity contribution in [1.82, 2.24) is 19.7 Å². The number of aryl methyl sites for hydroxylation is 1. The predicted octanol–water partition coefficient (Wildman–Crippen LogP) is 2.76. The zero-order valence-corrected chi connectivity index (χ0v) is 16.5. The third kappa shape index (κ3) is 3.18. The molecule has 1 amide bonds. The van der Waals surface area contributed by atoms with Gasteiger partial charge in [-0.3, -0.25) is 4.79 Å². The lowest BCUT2D eigenvalue weighted by molar-refractivity contribution is -0.113. The number of ether oxygens (including phenoxy) is 2. The minimum atomic E-state index is -0.170. The number of benzene rings is 1. The van der Waals surface area contributed by atoms with E-state index in [1.807, 2.05) is 25.1 Å². The van der Waals surface area contributed by atoms with Crippen molar-refractivity contribution in [3.8, 4) is 17.4 Å². The third-order valence-corrected chi connectivity index (χ3v) is 5.72. The number of carbonyl (C=O) groups excluding carboxylic acids is 1. The summed E-state index contributed by atoms with van der Waals surface area (Å²) in [4.78, 5) is 21.0. The summed E-state index contributed by atoms with van der Waals surface area (Å²) >= 11 is 1.52. The monoisotopic (exact) mass is 397 g/mol. The van der Waals surface area contributed by atoms with Gasteiger partial charge < -0.3 is 14.8 Å². The van der Waals surface area contributed by atoms with Crippen LogP contribution in [-0.4, -0.2) is 45.6 Å². The first-order valence-corrected chi connectivity index (χ1v) is 9.67. The maximum atomic E-state index is 12.4. The number of fused-ring (bicyclic) bond motifs is 1. The zero-order valence-electron chi connectivity index (χ0n) is 15.7. The maximum absolute atomic E-state index is 12.4. The Balaban J connectivity index is 1.92. The van der Waals surface area contributed by atoms with E-state index < -0.39 is 0 Å². The van der Waals surface area contributed by atoms with Gasteiger partial charge in [0.1, 0.15) is 17.3 Å². The van der Waals surface area contributed by atoms with Crippen LogP contribution in [-0.2, 0) is 4.79 Å². The molecule has 0 saturated heterocycles. The highest BCUT2D eigenvalue weighted by atomic mass is 32.2. The van der Waals surface area contributed by atoms with E-state index in [2.05, 4.69) is 20.4 Å². The van der Waals surface area contributed by atoms with E-state index in [-0.39, 0.29) is 11.2 Å². The van der Waals surface area contributed by atoms with Crippen molar-refractivity contribution in [2.75, 3.05) is 25.3 Å². The Morgan fingerprint density at radius 1 is 1.21 bits per heavy atom. The number of aromatic nitrogens is 4. The van der Waals surface area contributed by atoms with E-state index in [1.54, 1.807) is 37.4 Å². The van der Waals surface area contributed by atoms with Crippen LogP contribution in [0.4, 0.5) is 5.82 Å². The van der Waals surface area contributed by atoms with Gasteiger partial charge in [-0.25, -0.2) is 9.97 Å². The minimum absolute atomic E-state index is 0.104. The summed E-state index contributed by atoms with van der Waals surface area (Å²) in [7, 11) is 3.25.